The lowest BCUT2D eigenvalue weighted by Crippen LogP contribution is -2.36. The molecule has 1 aliphatic rings. The normalized spacial score (nSPS) is 13.9. The van der Waals surface area contributed by atoms with Gasteiger partial charge < -0.3 is 10.2 Å². The van der Waals surface area contributed by atoms with Crippen LogP contribution in [-0.2, 0) is 32.7 Å². The molecular formula is C21H20F2N4O4S2. The lowest BCUT2D eigenvalue weighted by atomic mass is 10.1. The summed E-state index contributed by atoms with van der Waals surface area (Å²) in [6.45, 7) is 3.01. The van der Waals surface area contributed by atoms with Gasteiger partial charge in [0.2, 0.25) is 0 Å². The van der Waals surface area contributed by atoms with E-state index in [9.17, 15) is 22.0 Å². The first-order valence-electron chi connectivity index (χ1n) is 9.96. The minimum Gasteiger partial charge on any atom is -0.381 e. The van der Waals surface area contributed by atoms with Gasteiger partial charge in [0.05, 0.1) is 5.51 Å². The molecule has 0 unspecified atom stereocenters. The van der Waals surface area contributed by atoms with Gasteiger partial charge in [-0.05, 0) is 42.8 Å². The van der Waals surface area contributed by atoms with E-state index in [1.54, 1.807) is 0 Å². The summed E-state index contributed by atoms with van der Waals surface area (Å²) in [6.07, 6.45) is 1.17. The Labute approximate surface area is 193 Å². The number of aromatic nitrogens is 1. The number of rotatable bonds is 10. The quantitative estimate of drug-likeness (QED) is 0.341. The first-order chi connectivity index (χ1) is 15.9. The number of hydrogen-bond donors (Lipinski definition) is 1. The highest BCUT2D eigenvalue weighted by atomic mass is 32.2. The number of thiazole rings is 1. The monoisotopic (exact) mass is 494 g/mol. The fourth-order valence-corrected chi connectivity index (χ4v) is 5.27. The van der Waals surface area contributed by atoms with Gasteiger partial charge >= 0.3 is 16.5 Å². The van der Waals surface area contributed by atoms with Gasteiger partial charge in [-0.15, -0.1) is 11.3 Å². The van der Waals surface area contributed by atoms with Gasteiger partial charge in [-0.3, -0.25) is 9.69 Å². The van der Waals surface area contributed by atoms with Crippen LogP contribution >= 0.6 is 11.3 Å². The smallest absolute Gasteiger partial charge is 0.322 e. The lowest BCUT2D eigenvalue weighted by molar-refractivity contribution is -0.128. The molecule has 33 heavy (non-hydrogen) atoms. The maximum atomic E-state index is 14.8. The van der Waals surface area contributed by atoms with Crippen molar-refractivity contribution < 1.29 is 26.8 Å². The average molecular weight is 495 g/mol. The second-order valence-corrected chi connectivity index (χ2v) is 9.71. The van der Waals surface area contributed by atoms with Crippen LogP contribution in [0.2, 0.25) is 0 Å². The first-order valence-corrected chi connectivity index (χ1v) is 12.3. The molecule has 2 heterocycles. The van der Waals surface area contributed by atoms with Crippen LogP contribution in [0.4, 0.5) is 20.3 Å². The van der Waals surface area contributed by atoms with Crippen LogP contribution in [0.5, 0.6) is 0 Å². The van der Waals surface area contributed by atoms with Gasteiger partial charge in [0.1, 0.15) is 11.6 Å². The molecule has 12 heteroatoms. The van der Waals surface area contributed by atoms with E-state index in [0.29, 0.717) is 6.54 Å². The van der Waals surface area contributed by atoms with Crippen molar-refractivity contribution in [3.8, 4) is 0 Å². The molecule has 2 aromatic carbocycles. The third-order valence-electron chi connectivity index (χ3n) is 5.16. The van der Waals surface area contributed by atoms with Crippen molar-refractivity contribution in [3.63, 3.8) is 0 Å². The predicted octanol–water partition coefficient (Wildman–Crippen LogP) is 3.52. The molecule has 0 aliphatic carbocycles. The molecule has 1 N–H and O–H groups in total. The standard InChI is InChI=1S/C21H20F2N4O4S2/c22-18-8-17(24-10-15-4-1-2-5-16(15)11-26-6-3-7-26)9-19(23)21(18)33(29,30)27(31-14-28)20-12-32-13-25-20/h1-2,4-5,8-9,12-14,24H,3,6-7,10-11H2. The van der Waals surface area contributed by atoms with Crippen molar-refractivity contribution in [1.82, 2.24) is 9.88 Å². The molecule has 3 aromatic rings. The number of halogens is 2. The largest absolute Gasteiger partial charge is 0.381 e. The third-order valence-corrected chi connectivity index (χ3v) is 7.35. The molecule has 1 aliphatic heterocycles. The van der Waals surface area contributed by atoms with Crippen LogP contribution < -0.4 is 9.79 Å². The predicted molar refractivity (Wildman–Crippen MR) is 119 cm³/mol. The van der Waals surface area contributed by atoms with Crippen molar-refractivity contribution in [2.24, 2.45) is 0 Å². The van der Waals surface area contributed by atoms with Crippen LogP contribution in [0.3, 0.4) is 0 Å². The van der Waals surface area contributed by atoms with Crippen molar-refractivity contribution in [2.45, 2.75) is 24.4 Å². The summed E-state index contributed by atoms with van der Waals surface area (Å²) in [5, 5.41) is 4.20. The van der Waals surface area contributed by atoms with E-state index in [1.807, 2.05) is 24.3 Å². The highest BCUT2D eigenvalue weighted by molar-refractivity contribution is 7.92. The summed E-state index contributed by atoms with van der Waals surface area (Å²) in [6, 6.07) is 9.52. The molecule has 0 bridgehead atoms. The summed E-state index contributed by atoms with van der Waals surface area (Å²) >= 11 is 1.02. The van der Waals surface area contributed by atoms with E-state index in [1.165, 1.54) is 17.3 Å². The Kier molecular flexibility index (Phi) is 6.86. The van der Waals surface area contributed by atoms with E-state index in [4.69, 9.17) is 0 Å². The van der Waals surface area contributed by atoms with E-state index >= 15 is 0 Å². The number of benzene rings is 2. The number of likely N-dealkylation sites (tertiary alicyclic amines) is 1. The van der Waals surface area contributed by atoms with E-state index in [2.05, 4.69) is 20.0 Å². The summed E-state index contributed by atoms with van der Waals surface area (Å²) in [4.78, 5) is 20.0. The zero-order chi connectivity index (χ0) is 23.4. The molecule has 0 atom stereocenters. The molecule has 8 nitrogen and oxygen atoms in total. The van der Waals surface area contributed by atoms with E-state index in [0.717, 1.165) is 54.2 Å². The Morgan fingerprint density at radius 1 is 1.18 bits per heavy atom. The molecule has 174 valence electrons. The topological polar surface area (TPSA) is 91.8 Å². The fraction of sp³-hybridized carbons (Fsp3) is 0.238. The van der Waals surface area contributed by atoms with E-state index in [-0.39, 0.29) is 22.4 Å². The minimum absolute atomic E-state index is 0.0687. The molecule has 0 radical (unpaired) electrons. The van der Waals surface area contributed by atoms with Crippen molar-refractivity contribution >= 4 is 39.3 Å². The van der Waals surface area contributed by atoms with Gasteiger partial charge in [0, 0.05) is 24.2 Å². The number of nitrogens with zero attached hydrogens (tertiary/aromatic N) is 3. The van der Waals surface area contributed by atoms with Crippen LogP contribution in [-0.4, -0.2) is 37.9 Å². The van der Waals surface area contributed by atoms with Crippen molar-refractivity contribution in [3.05, 3.63) is 70.1 Å². The Bertz CT molecular complexity index is 1210. The third kappa shape index (κ3) is 4.97. The molecule has 0 saturated carbocycles. The zero-order valence-corrected chi connectivity index (χ0v) is 18.9. The van der Waals surface area contributed by atoms with Crippen molar-refractivity contribution in [2.75, 3.05) is 22.9 Å². The lowest BCUT2D eigenvalue weighted by Gasteiger charge is -2.31. The molecule has 4 rings (SSSR count). The van der Waals surface area contributed by atoms with Gasteiger partial charge in [-0.25, -0.2) is 13.8 Å². The number of sulfonamides is 1. The molecule has 1 aromatic heterocycles. The van der Waals surface area contributed by atoms with Gasteiger partial charge in [-0.2, -0.15) is 8.42 Å². The Morgan fingerprint density at radius 2 is 1.88 bits per heavy atom. The van der Waals surface area contributed by atoms with E-state index < -0.39 is 26.6 Å². The van der Waals surface area contributed by atoms with Gasteiger partial charge in [-0.1, -0.05) is 28.7 Å². The summed E-state index contributed by atoms with van der Waals surface area (Å²) in [5.74, 6) is -2.96. The fourth-order valence-electron chi connectivity index (χ4n) is 3.42. The summed E-state index contributed by atoms with van der Waals surface area (Å²) in [7, 11) is -4.91. The van der Waals surface area contributed by atoms with Crippen LogP contribution in [0.15, 0.2) is 52.2 Å². The Morgan fingerprint density at radius 3 is 2.45 bits per heavy atom. The second-order valence-electron chi connectivity index (χ2n) is 7.30. The number of carbonyl (C=O) groups is 1. The maximum Gasteiger partial charge on any atom is 0.322 e. The molecule has 1 saturated heterocycles. The zero-order valence-electron chi connectivity index (χ0n) is 17.3. The molecule has 0 spiro atoms. The SMILES string of the molecule is O=CON(c1cscn1)S(=O)(=O)c1c(F)cc(NCc2ccccc2CN2CCC2)cc1F. The summed E-state index contributed by atoms with van der Waals surface area (Å²) in [5.41, 5.74) is 3.43. The minimum atomic E-state index is -4.91. The summed E-state index contributed by atoms with van der Waals surface area (Å²) < 4.78 is 55.4. The highest BCUT2D eigenvalue weighted by Crippen LogP contribution is 2.30. The first kappa shape index (κ1) is 23.1. The van der Waals surface area contributed by atoms with Gasteiger partial charge in [0.15, 0.2) is 10.7 Å². The molecular weight excluding hydrogens is 474 g/mol. The number of hydrogen-bond acceptors (Lipinski definition) is 8. The molecule has 1 fully saturated rings. The van der Waals surface area contributed by atoms with Crippen LogP contribution in [0.25, 0.3) is 0 Å². The number of carbonyl (C=O) groups excluding carboxylic acids is 1. The Hall–Kier alpha value is -3.09. The highest BCUT2D eigenvalue weighted by Gasteiger charge is 2.34. The average Bonchev–Trinajstić information content (AvgIpc) is 3.27. The Balaban J connectivity index is 1.56. The molecule has 0 amide bonds. The van der Waals surface area contributed by atoms with Gasteiger partial charge in [0.25, 0.3) is 0 Å². The second kappa shape index (κ2) is 9.81. The van der Waals surface area contributed by atoms with Crippen molar-refractivity contribution in [1.29, 1.82) is 0 Å². The number of nitrogens with one attached hydrogen (secondary N) is 1. The van der Waals surface area contributed by atoms with Crippen LogP contribution in [0, 0.1) is 11.6 Å². The maximum absolute atomic E-state index is 14.8. The van der Waals surface area contributed by atoms with Crippen LogP contribution in [0.1, 0.15) is 17.5 Å². The number of anilines is 2.